The number of ether oxygens (including phenoxy) is 3. The van der Waals surface area contributed by atoms with E-state index in [9.17, 15) is 14.9 Å². The largest absolute Gasteiger partial charge is 0.456 e. The fourth-order valence-corrected chi connectivity index (χ4v) is 2.85. The van der Waals surface area contributed by atoms with Crippen molar-refractivity contribution in [2.45, 2.75) is 43.3 Å². The molecule has 9 heteroatoms. The monoisotopic (exact) mass is 288 g/mol. The second-order valence-corrected chi connectivity index (χ2v) is 5.09. The van der Waals surface area contributed by atoms with Crippen molar-refractivity contribution in [2.24, 2.45) is 0 Å². The van der Waals surface area contributed by atoms with E-state index in [1.54, 1.807) is 0 Å². The maximum atomic E-state index is 11.9. The fraction of sp³-hybridized carbons (Fsp3) is 0.909. The maximum Gasteiger partial charge on any atom is 0.323 e. The average molecular weight is 288 g/mol. The van der Waals surface area contributed by atoms with Crippen molar-refractivity contribution in [1.29, 1.82) is 0 Å². The minimum Gasteiger partial charge on any atom is -0.456 e. The highest BCUT2D eigenvalue weighted by Crippen LogP contribution is 2.30. The van der Waals surface area contributed by atoms with Crippen molar-refractivity contribution in [3.63, 3.8) is 0 Å². The van der Waals surface area contributed by atoms with Gasteiger partial charge < -0.3 is 24.4 Å². The number of esters is 1. The Labute approximate surface area is 114 Å². The van der Waals surface area contributed by atoms with E-state index in [1.165, 1.54) is 0 Å². The molecule has 0 amide bonds. The van der Waals surface area contributed by atoms with E-state index >= 15 is 0 Å². The molecule has 1 N–H and O–H groups in total. The van der Waals surface area contributed by atoms with Gasteiger partial charge in [-0.1, -0.05) is 0 Å². The van der Waals surface area contributed by atoms with E-state index in [1.807, 2.05) is 0 Å². The Bertz CT molecular complexity index is 398. The average Bonchev–Trinajstić information content (AvgIpc) is 3.09. The van der Waals surface area contributed by atoms with Gasteiger partial charge in [-0.3, -0.25) is 4.79 Å². The lowest BCUT2D eigenvalue weighted by molar-refractivity contribution is -0.769. The molecule has 0 aromatic rings. The number of hydrogen-bond acceptors (Lipinski definition) is 8. The zero-order chi connectivity index (χ0) is 14.1. The van der Waals surface area contributed by atoms with Crippen LogP contribution in [0.2, 0.25) is 0 Å². The van der Waals surface area contributed by atoms with Gasteiger partial charge in [0.1, 0.15) is 18.2 Å². The second-order valence-electron chi connectivity index (χ2n) is 5.09. The van der Waals surface area contributed by atoms with Crippen LogP contribution >= 0.6 is 0 Å². The highest BCUT2D eigenvalue weighted by atomic mass is 17.0. The van der Waals surface area contributed by atoms with E-state index in [2.05, 4.69) is 10.2 Å². The van der Waals surface area contributed by atoms with Crippen LogP contribution in [0.25, 0.3) is 0 Å². The summed E-state index contributed by atoms with van der Waals surface area (Å²) in [7, 11) is 0. The Morgan fingerprint density at radius 3 is 2.60 bits per heavy atom. The van der Waals surface area contributed by atoms with Crippen LogP contribution in [-0.4, -0.2) is 61.3 Å². The number of rotatable bonds is 4. The zero-order valence-electron chi connectivity index (χ0n) is 10.7. The van der Waals surface area contributed by atoms with Crippen molar-refractivity contribution < 1.29 is 28.9 Å². The van der Waals surface area contributed by atoms with Gasteiger partial charge in [-0.2, -0.15) is 0 Å². The van der Waals surface area contributed by atoms with Gasteiger partial charge >= 0.3 is 5.97 Å². The van der Waals surface area contributed by atoms with Crippen molar-refractivity contribution in [3.05, 3.63) is 10.1 Å². The summed E-state index contributed by atoms with van der Waals surface area (Å²) in [6.07, 6.45) is -0.643. The number of hydrogen-bond donors (Lipinski definition) is 1. The van der Waals surface area contributed by atoms with Gasteiger partial charge in [-0.05, 0) is 19.4 Å². The molecule has 0 spiro atoms. The summed E-state index contributed by atoms with van der Waals surface area (Å²) in [5.74, 6) is -0.320. The predicted molar refractivity (Wildman–Crippen MR) is 62.3 cm³/mol. The maximum absolute atomic E-state index is 11.9. The molecular formula is C11H16N2O7. The summed E-state index contributed by atoms with van der Waals surface area (Å²) >= 11 is 0. The first-order chi connectivity index (χ1) is 9.65. The first-order valence-electron chi connectivity index (χ1n) is 6.63. The molecule has 3 heterocycles. The molecule has 0 aromatic carbocycles. The Morgan fingerprint density at radius 1 is 1.25 bits per heavy atom. The zero-order valence-corrected chi connectivity index (χ0v) is 10.7. The first-order valence-corrected chi connectivity index (χ1v) is 6.63. The molecule has 3 fully saturated rings. The van der Waals surface area contributed by atoms with Crippen molar-refractivity contribution >= 4 is 5.97 Å². The predicted octanol–water partition coefficient (Wildman–Crippen LogP) is -0.975. The Balaban J connectivity index is 1.55. The topological polar surface area (TPSA) is 109 Å². The molecule has 0 bridgehead atoms. The summed E-state index contributed by atoms with van der Waals surface area (Å²) in [6, 6.07) is -0.277. The molecule has 3 aliphatic heterocycles. The van der Waals surface area contributed by atoms with Crippen LogP contribution in [-0.2, 0) is 23.8 Å². The lowest BCUT2D eigenvalue weighted by atomic mass is 10.1. The van der Waals surface area contributed by atoms with Gasteiger partial charge in [0, 0.05) is 0 Å². The number of nitrogens with one attached hydrogen (secondary N) is 1. The van der Waals surface area contributed by atoms with Crippen LogP contribution in [0.3, 0.4) is 0 Å². The number of fused-ring (bicyclic) bond motifs is 1. The molecule has 0 aliphatic carbocycles. The summed E-state index contributed by atoms with van der Waals surface area (Å²) in [4.78, 5) is 26.8. The van der Waals surface area contributed by atoms with Crippen LogP contribution in [0.1, 0.15) is 12.8 Å². The number of carbonyl (C=O) groups excluding carboxylic acids is 1. The summed E-state index contributed by atoms with van der Waals surface area (Å²) < 4.78 is 16.2. The van der Waals surface area contributed by atoms with E-state index < -0.39 is 29.5 Å². The Hall–Kier alpha value is -1.45. The minimum atomic E-state index is -0.860. The molecular weight excluding hydrogens is 272 g/mol. The normalized spacial score (nSPS) is 39.5. The van der Waals surface area contributed by atoms with Crippen LogP contribution in [0.15, 0.2) is 0 Å². The van der Waals surface area contributed by atoms with Crippen LogP contribution in [0, 0.1) is 10.1 Å². The van der Waals surface area contributed by atoms with Gasteiger partial charge in [0.15, 0.2) is 12.2 Å². The molecule has 3 saturated heterocycles. The van der Waals surface area contributed by atoms with E-state index in [0.29, 0.717) is 0 Å². The molecule has 0 aromatic heterocycles. The van der Waals surface area contributed by atoms with E-state index in [-0.39, 0.29) is 25.2 Å². The third kappa shape index (κ3) is 2.56. The third-order valence-corrected chi connectivity index (χ3v) is 3.80. The van der Waals surface area contributed by atoms with Crippen LogP contribution in [0.5, 0.6) is 0 Å². The summed E-state index contributed by atoms with van der Waals surface area (Å²) in [5, 5.41) is 12.6. The van der Waals surface area contributed by atoms with Gasteiger partial charge in [-0.15, -0.1) is 10.1 Å². The van der Waals surface area contributed by atoms with Crippen molar-refractivity contribution in [1.82, 2.24) is 5.32 Å². The number of nitrogens with zero attached hydrogens (tertiary/aromatic N) is 1. The molecule has 3 aliphatic rings. The molecule has 112 valence electrons. The lowest BCUT2D eigenvalue weighted by Gasteiger charge is -2.18. The molecule has 0 saturated carbocycles. The van der Waals surface area contributed by atoms with E-state index in [4.69, 9.17) is 14.2 Å². The van der Waals surface area contributed by atoms with Crippen molar-refractivity contribution in [2.75, 3.05) is 19.8 Å². The van der Waals surface area contributed by atoms with Gasteiger partial charge in [0.25, 0.3) is 5.09 Å². The van der Waals surface area contributed by atoms with Crippen LogP contribution < -0.4 is 5.32 Å². The highest BCUT2D eigenvalue weighted by molar-refractivity contribution is 5.76. The molecule has 20 heavy (non-hydrogen) atoms. The first kappa shape index (κ1) is 13.5. The van der Waals surface area contributed by atoms with Gasteiger partial charge in [0.2, 0.25) is 0 Å². The molecule has 5 atom stereocenters. The lowest BCUT2D eigenvalue weighted by Crippen LogP contribution is -2.40. The third-order valence-electron chi connectivity index (χ3n) is 3.80. The second kappa shape index (κ2) is 5.51. The standard InChI is InChI=1S/C11H16N2O7/c14-11(6-2-1-3-12-6)19-7-4-17-10-8(20-13(15)16)5-18-9(7)10/h6-10,12H,1-5H2/t6-,7-,8+,9-,10+/m0/s1. The minimum absolute atomic E-state index is 0.0615. The highest BCUT2D eigenvalue weighted by Gasteiger charge is 2.51. The Morgan fingerprint density at radius 2 is 1.95 bits per heavy atom. The quantitative estimate of drug-likeness (QED) is 0.399. The molecule has 3 rings (SSSR count). The van der Waals surface area contributed by atoms with E-state index in [0.717, 1.165) is 19.4 Å². The van der Waals surface area contributed by atoms with Gasteiger partial charge in [-0.25, -0.2) is 0 Å². The molecule has 9 nitrogen and oxygen atoms in total. The van der Waals surface area contributed by atoms with Crippen LogP contribution in [0.4, 0.5) is 0 Å². The molecule has 0 unspecified atom stereocenters. The Kier molecular flexibility index (Phi) is 3.72. The summed E-state index contributed by atoms with van der Waals surface area (Å²) in [5.41, 5.74) is 0. The number of carbonyl (C=O) groups is 1. The summed E-state index contributed by atoms with van der Waals surface area (Å²) in [6.45, 7) is 1.04. The molecule has 0 radical (unpaired) electrons. The van der Waals surface area contributed by atoms with Crippen molar-refractivity contribution in [3.8, 4) is 0 Å². The smallest absolute Gasteiger partial charge is 0.323 e. The SMILES string of the molecule is O=C(O[C@H]1CO[C@H]2[C@H]1OC[C@H]2O[N+](=O)[O-])[C@@H]1CCCN1. The fourth-order valence-electron chi connectivity index (χ4n) is 2.85. The van der Waals surface area contributed by atoms with Gasteiger partial charge in [0.05, 0.1) is 13.2 Å².